The molecule has 1 saturated carbocycles. The maximum absolute atomic E-state index is 12.2. The van der Waals surface area contributed by atoms with Crippen LogP contribution < -0.4 is 5.32 Å². The number of hydrogen-bond donors (Lipinski definition) is 2. The molecule has 1 aliphatic carbocycles. The van der Waals surface area contributed by atoms with Crippen LogP contribution in [0.5, 0.6) is 0 Å². The van der Waals surface area contributed by atoms with Gasteiger partial charge >= 0.3 is 12.0 Å². The van der Waals surface area contributed by atoms with Crippen molar-refractivity contribution in [3.05, 3.63) is 34.3 Å². The number of nitrogens with one attached hydrogen (secondary N) is 1. The summed E-state index contributed by atoms with van der Waals surface area (Å²) in [5.41, 5.74) is 0.456. The first-order valence-electron chi connectivity index (χ1n) is 6.90. The quantitative estimate of drug-likeness (QED) is 0.853. The molecule has 114 valence electrons. The Bertz CT molecular complexity index is 543. The lowest BCUT2D eigenvalue weighted by Gasteiger charge is -2.42. The molecule has 0 radical (unpaired) electrons. The monoisotopic (exact) mass is 354 g/mol. The van der Waals surface area contributed by atoms with Crippen molar-refractivity contribution >= 4 is 27.9 Å². The highest BCUT2D eigenvalue weighted by Gasteiger charge is 2.40. The fraction of sp³-hybridized carbons (Fsp3) is 0.467. The van der Waals surface area contributed by atoms with E-state index in [1.54, 1.807) is 11.9 Å². The minimum atomic E-state index is -0.871. The summed E-state index contributed by atoms with van der Waals surface area (Å²) in [6, 6.07) is 7.53. The molecule has 1 aromatic rings. The van der Waals surface area contributed by atoms with E-state index in [4.69, 9.17) is 5.11 Å². The number of carbonyl (C=O) groups is 2. The summed E-state index contributed by atoms with van der Waals surface area (Å²) in [5, 5.41) is 11.9. The Morgan fingerprint density at radius 2 is 2.14 bits per heavy atom. The molecule has 0 bridgehead atoms. The number of nitrogens with zero attached hydrogens (tertiary/aromatic N) is 1. The van der Waals surface area contributed by atoms with Crippen molar-refractivity contribution in [2.75, 3.05) is 7.05 Å². The van der Waals surface area contributed by atoms with Crippen molar-refractivity contribution in [1.82, 2.24) is 10.2 Å². The molecule has 1 aliphatic rings. The van der Waals surface area contributed by atoms with Crippen LogP contribution in [-0.4, -0.2) is 34.6 Å². The van der Waals surface area contributed by atoms with Gasteiger partial charge in [0.05, 0.1) is 12.0 Å². The number of aliphatic carboxylic acids is 1. The second kappa shape index (κ2) is 6.47. The van der Waals surface area contributed by atoms with Gasteiger partial charge in [-0.05, 0) is 37.0 Å². The van der Waals surface area contributed by atoms with Crippen molar-refractivity contribution in [3.63, 3.8) is 0 Å². The van der Waals surface area contributed by atoms with Gasteiger partial charge in [0.1, 0.15) is 0 Å². The first kappa shape index (κ1) is 15.8. The van der Waals surface area contributed by atoms with Crippen LogP contribution in [0, 0.1) is 0 Å². The maximum Gasteiger partial charge on any atom is 0.317 e. The molecule has 0 aliphatic heterocycles. The van der Waals surface area contributed by atoms with Crippen LogP contribution in [-0.2, 0) is 11.3 Å². The molecule has 1 fully saturated rings. The van der Waals surface area contributed by atoms with Crippen LogP contribution in [0.4, 0.5) is 4.79 Å². The summed E-state index contributed by atoms with van der Waals surface area (Å²) in [5.74, 6) is -0.871. The van der Waals surface area contributed by atoms with E-state index in [9.17, 15) is 9.59 Å². The predicted octanol–water partition coefficient (Wildman–Crippen LogP) is 2.99. The lowest BCUT2D eigenvalue weighted by Crippen LogP contribution is -2.57. The first-order valence-corrected chi connectivity index (χ1v) is 7.69. The highest BCUT2D eigenvalue weighted by molar-refractivity contribution is 9.10. The third kappa shape index (κ3) is 4.20. The van der Waals surface area contributed by atoms with Crippen molar-refractivity contribution in [2.24, 2.45) is 0 Å². The summed E-state index contributed by atoms with van der Waals surface area (Å²) in [6.07, 6.45) is 2.41. The Morgan fingerprint density at radius 3 is 2.67 bits per heavy atom. The lowest BCUT2D eigenvalue weighted by molar-refractivity contribution is -0.139. The molecular weight excluding hydrogens is 336 g/mol. The van der Waals surface area contributed by atoms with E-state index in [-0.39, 0.29) is 12.5 Å². The fourth-order valence-corrected chi connectivity index (χ4v) is 2.99. The zero-order valence-corrected chi connectivity index (χ0v) is 13.5. The molecular formula is C15H19BrN2O3. The largest absolute Gasteiger partial charge is 0.481 e. The summed E-state index contributed by atoms with van der Waals surface area (Å²) < 4.78 is 0.968. The summed E-state index contributed by atoms with van der Waals surface area (Å²) in [4.78, 5) is 24.7. The Balaban J connectivity index is 1.94. The molecule has 0 spiro atoms. The van der Waals surface area contributed by atoms with E-state index in [0.29, 0.717) is 6.54 Å². The standard InChI is InChI=1S/C15H19BrN2O3/c1-18(10-11-4-2-5-12(16)8-11)14(21)17-15(6-3-7-15)9-13(19)20/h2,4-5,8H,3,6-7,9-10H2,1H3,(H,17,21)(H,19,20). The van der Waals surface area contributed by atoms with Crippen LogP contribution in [0.2, 0.25) is 0 Å². The number of halogens is 1. The van der Waals surface area contributed by atoms with E-state index in [1.165, 1.54) is 0 Å². The number of urea groups is 1. The average molecular weight is 355 g/mol. The van der Waals surface area contributed by atoms with E-state index in [0.717, 1.165) is 29.3 Å². The number of carbonyl (C=O) groups excluding carboxylic acids is 1. The maximum atomic E-state index is 12.2. The summed E-state index contributed by atoms with van der Waals surface area (Å²) >= 11 is 3.40. The number of rotatable bonds is 5. The molecule has 5 nitrogen and oxygen atoms in total. The van der Waals surface area contributed by atoms with Crippen molar-refractivity contribution in [3.8, 4) is 0 Å². The second-order valence-corrected chi connectivity index (χ2v) is 6.54. The van der Waals surface area contributed by atoms with E-state index < -0.39 is 11.5 Å². The van der Waals surface area contributed by atoms with Crippen LogP contribution in [0.3, 0.4) is 0 Å². The van der Waals surface area contributed by atoms with Gasteiger partial charge in [-0.2, -0.15) is 0 Å². The molecule has 2 N–H and O–H groups in total. The Labute approximate surface area is 132 Å². The molecule has 0 aromatic heterocycles. The second-order valence-electron chi connectivity index (χ2n) is 5.62. The molecule has 0 saturated heterocycles. The Hall–Kier alpha value is -1.56. The van der Waals surface area contributed by atoms with Crippen LogP contribution >= 0.6 is 15.9 Å². The fourth-order valence-electron chi connectivity index (χ4n) is 2.54. The number of amides is 2. The van der Waals surface area contributed by atoms with Crippen LogP contribution in [0.25, 0.3) is 0 Å². The normalized spacial score (nSPS) is 15.9. The summed E-state index contributed by atoms with van der Waals surface area (Å²) in [7, 11) is 1.71. The van der Waals surface area contributed by atoms with Gasteiger partial charge in [-0.25, -0.2) is 4.79 Å². The number of carboxylic acid groups (broad SMARTS) is 1. The number of carboxylic acids is 1. The number of hydrogen-bond acceptors (Lipinski definition) is 2. The van der Waals surface area contributed by atoms with Gasteiger partial charge in [0.25, 0.3) is 0 Å². The zero-order chi connectivity index (χ0) is 15.5. The molecule has 2 rings (SSSR count). The third-order valence-corrected chi connectivity index (χ3v) is 4.32. The van der Waals surface area contributed by atoms with E-state index >= 15 is 0 Å². The van der Waals surface area contributed by atoms with Gasteiger partial charge in [0.2, 0.25) is 0 Å². The van der Waals surface area contributed by atoms with Gasteiger partial charge < -0.3 is 15.3 Å². The third-order valence-electron chi connectivity index (χ3n) is 3.83. The van der Waals surface area contributed by atoms with Gasteiger partial charge in [-0.3, -0.25) is 4.79 Å². The number of benzene rings is 1. The highest BCUT2D eigenvalue weighted by atomic mass is 79.9. The Kier molecular flexibility index (Phi) is 4.88. The van der Waals surface area contributed by atoms with Crippen LogP contribution in [0.15, 0.2) is 28.7 Å². The van der Waals surface area contributed by atoms with E-state index in [1.807, 2.05) is 24.3 Å². The molecule has 1 aromatic carbocycles. The van der Waals surface area contributed by atoms with Gasteiger partial charge in [-0.1, -0.05) is 28.1 Å². The topological polar surface area (TPSA) is 69.6 Å². The molecule has 0 atom stereocenters. The lowest BCUT2D eigenvalue weighted by atomic mass is 9.74. The van der Waals surface area contributed by atoms with Gasteiger partial charge in [-0.15, -0.1) is 0 Å². The molecule has 21 heavy (non-hydrogen) atoms. The van der Waals surface area contributed by atoms with Crippen molar-refractivity contribution in [2.45, 2.75) is 37.8 Å². The Morgan fingerprint density at radius 1 is 1.43 bits per heavy atom. The predicted molar refractivity (Wildman–Crippen MR) is 83.0 cm³/mol. The SMILES string of the molecule is CN(Cc1cccc(Br)c1)C(=O)NC1(CC(=O)O)CCC1. The average Bonchev–Trinajstić information content (AvgIpc) is 2.35. The van der Waals surface area contributed by atoms with Crippen molar-refractivity contribution < 1.29 is 14.7 Å². The smallest absolute Gasteiger partial charge is 0.317 e. The first-order chi connectivity index (χ1) is 9.90. The molecule has 0 unspecified atom stereocenters. The zero-order valence-electron chi connectivity index (χ0n) is 11.9. The van der Waals surface area contributed by atoms with Crippen LogP contribution in [0.1, 0.15) is 31.2 Å². The molecule has 0 heterocycles. The molecule has 2 amide bonds. The highest BCUT2D eigenvalue weighted by Crippen LogP contribution is 2.35. The molecule has 6 heteroatoms. The summed E-state index contributed by atoms with van der Waals surface area (Å²) in [6.45, 7) is 0.481. The van der Waals surface area contributed by atoms with E-state index in [2.05, 4.69) is 21.2 Å². The van der Waals surface area contributed by atoms with Crippen molar-refractivity contribution in [1.29, 1.82) is 0 Å². The minimum absolute atomic E-state index is 0.0105. The van der Waals surface area contributed by atoms with Gasteiger partial charge in [0.15, 0.2) is 0 Å². The van der Waals surface area contributed by atoms with Gasteiger partial charge in [0, 0.05) is 18.1 Å². The minimum Gasteiger partial charge on any atom is -0.481 e.